The number of hydroxylamine groups is 1. The first-order valence-electron chi connectivity index (χ1n) is 9.34. The molecule has 29 heavy (non-hydrogen) atoms. The Kier molecular flexibility index (Phi) is 9.64. The number of nitrogens with one attached hydrogen (secondary N) is 2. The third kappa shape index (κ3) is 8.30. The fraction of sp³-hybridized carbons (Fsp3) is 0.333. The van der Waals surface area contributed by atoms with Crippen LogP contribution < -0.4 is 15.5 Å². The maximum absolute atomic E-state index is 12.5. The van der Waals surface area contributed by atoms with E-state index >= 15 is 0 Å². The Morgan fingerprint density at radius 3 is 2.34 bits per heavy atom. The molecule has 0 saturated carbocycles. The molecule has 2 amide bonds. The first kappa shape index (κ1) is 22.4. The molecular formula is C21H26N2O6. The number of amides is 2. The summed E-state index contributed by atoms with van der Waals surface area (Å²) in [6.07, 6.45) is 0.350. The monoisotopic (exact) mass is 402 g/mol. The van der Waals surface area contributed by atoms with Crippen molar-refractivity contribution < 1.29 is 29.0 Å². The molecule has 3 N–H and O–H groups in total. The molecular weight excluding hydrogens is 376 g/mol. The minimum atomic E-state index is -0.531. The van der Waals surface area contributed by atoms with Crippen LogP contribution in [-0.4, -0.2) is 43.1 Å². The number of para-hydroxylation sites is 1. The smallest absolute Gasteiger partial charge is 0.251 e. The van der Waals surface area contributed by atoms with Crippen molar-refractivity contribution in [1.82, 2.24) is 10.8 Å². The van der Waals surface area contributed by atoms with E-state index in [1.165, 1.54) is 0 Å². The van der Waals surface area contributed by atoms with E-state index in [4.69, 9.17) is 19.4 Å². The molecule has 0 spiro atoms. The van der Waals surface area contributed by atoms with Crippen LogP contribution in [0.4, 0.5) is 0 Å². The van der Waals surface area contributed by atoms with Gasteiger partial charge in [0, 0.05) is 18.6 Å². The van der Waals surface area contributed by atoms with Crippen molar-refractivity contribution >= 4 is 11.8 Å². The Morgan fingerprint density at radius 1 is 1.00 bits per heavy atom. The van der Waals surface area contributed by atoms with Gasteiger partial charge in [-0.05, 0) is 49.7 Å². The molecule has 0 radical (unpaired) electrons. The SMILES string of the molecule is CCOCOC[C@H](CCC(=O)NO)NC(=O)c1ccc(Oc2ccccc2)cc1. The molecule has 2 aromatic carbocycles. The Morgan fingerprint density at radius 2 is 1.69 bits per heavy atom. The van der Waals surface area contributed by atoms with Crippen LogP contribution in [0.5, 0.6) is 11.5 Å². The van der Waals surface area contributed by atoms with E-state index in [0.29, 0.717) is 30.1 Å². The van der Waals surface area contributed by atoms with E-state index in [0.717, 1.165) is 0 Å². The lowest BCUT2D eigenvalue weighted by molar-refractivity contribution is -0.129. The highest BCUT2D eigenvalue weighted by atomic mass is 16.7. The van der Waals surface area contributed by atoms with Crippen molar-refractivity contribution in [1.29, 1.82) is 0 Å². The predicted molar refractivity (Wildman–Crippen MR) is 106 cm³/mol. The molecule has 0 unspecified atom stereocenters. The predicted octanol–water partition coefficient (Wildman–Crippen LogP) is 2.87. The van der Waals surface area contributed by atoms with Gasteiger partial charge in [-0.3, -0.25) is 14.8 Å². The van der Waals surface area contributed by atoms with Gasteiger partial charge >= 0.3 is 0 Å². The summed E-state index contributed by atoms with van der Waals surface area (Å²) in [5, 5.41) is 11.5. The molecule has 0 aromatic heterocycles. The van der Waals surface area contributed by atoms with Crippen LogP contribution in [0.3, 0.4) is 0 Å². The van der Waals surface area contributed by atoms with Crippen LogP contribution in [0, 0.1) is 0 Å². The molecule has 0 bridgehead atoms. The standard InChI is InChI=1S/C21H26N2O6/c1-2-27-15-28-14-17(10-13-20(24)23-26)22-21(25)16-8-11-19(12-9-16)29-18-6-4-3-5-7-18/h3-9,11-12,17,26H,2,10,13-15H2,1H3,(H,22,25)(H,23,24)/t17-/m0/s1. The van der Waals surface area contributed by atoms with Gasteiger partial charge in [-0.25, -0.2) is 5.48 Å². The fourth-order valence-corrected chi connectivity index (χ4v) is 2.46. The maximum Gasteiger partial charge on any atom is 0.251 e. The molecule has 0 saturated heterocycles. The fourth-order valence-electron chi connectivity index (χ4n) is 2.46. The highest BCUT2D eigenvalue weighted by Gasteiger charge is 2.16. The van der Waals surface area contributed by atoms with Gasteiger partial charge in [-0.15, -0.1) is 0 Å². The first-order chi connectivity index (χ1) is 14.1. The molecule has 0 aliphatic rings. The zero-order valence-electron chi connectivity index (χ0n) is 16.3. The summed E-state index contributed by atoms with van der Waals surface area (Å²) >= 11 is 0. The lowest BCUT2D eigenvalue weighted by Crippen LogP contribution is -2.39. The van der Waals surface area contributed by atoms with Crippen molar-refractivity contribution in [2.75, 3.05) is 20.0 Å². The minimum Gasteiger partial charge on any atom is -0.457 e. The molecule has 0 aliphatic heterocycles. The summed E-state index contributed by atoms with van der Waals surface area (Å²) in [5.41, 5.74) is 2.03. The maximum atomic E-state index is 12.5. The number of carbonyl (C=O) groups excluding carboxylic acids is 2. The minimum absolute atomic E-state index is 0.0449. The van der Waals surface area contributed by atoms with Gasteiger partial charge in [0.05, 0.1) is 12.6 Å². The normalized spacial score (nSPS) is 11.5. The molecule has 1 atom stereocenters. The molecule has 0 aliphatic carbocycles. The van der Waals surface area contributed by atoms with Crippen LogP contribution in [-0.2, 0) is 14.3 Å². The average molecular weight is 402 g/mol. The summed E-state index contributed by atoms with van der Waals surface area (Å²) in [4.78, 5) is 23.8. The van der Waals surface area contributed by atoms with Gasteiger partial charge < -0.3 is 19.5 Å². The summed E-state index contributed by atoms with van der Waals surface area (Å²) in [6, 6.07) is 15.7. The number of benzene rings is 2. The second-order valence-electron chi connectivity index (χ2n) is 6.16. The van der Waals surface area contributed by atoms with Crippen LogP contribution in [0.1, 0.15) is 30.1 Å². The summed E-state index contributed by atoms with van der Waals surface area (Å²) in [7, 11) is 0. The largest absolute Gasteiger partial charge is 0.457 e. The molecule has 2 aromatic rings. The number of rotatable bonds is 12. The summed E-state index contributed by atoms with van der Waals surface area (Å²) < 4.78 is 16.2. The highest BCUT2D eigenvalue weighted by Crippen LogP contribution is 2.21. The second-order valence-corrected chi connectivity index (χ2v) is 6.16. The Labute approximate surface area is 169 Å². The van der Waals surface area contributed by atoms with Crippen LogP contribution in [0.15, 0.2) is 54.6 Å². The zero-order valence-corrected chi connectivity index (χ0v) is 16.3. The van der Waals surface area contributed by atoms with Crippen LogP contribution >= 0.6 is 0 Å². The number of hydrogen-bond acceptors (Lipinski definition) is 6. The van der Waals surface area contributed by atoms with Gasteiger partial charge in [0.2, 0.25) is 5.91 Å². The third-order valence-corrected chi connectivity index (χ3v) is 3.97. The molecule has 0 fully saturated rings. The lowest BCUT2D eigenvalue weighted by atomic mass is 10.1. The Balaban J connectivity index is 1.92. The quantitative estimate of drug-likeness (QED) is 0.218. The van der Waals surface area contributed by atoms with E-state index in [9.17, 15) is 9.59 Å². The van der Waals surface area contributed by atoms with Crippen molar-refractivity contribution in [2.24, 2.45) is 0 Å². The number of ether oxygens (including phenoxy) is 3. The van der Waals surface area contributed by atoms with E-state index in [1.54, 1.807) is 29.7 Å². The van der Waals surface area contributed by atoms with E-state index < -0.39 is 11.9 Å². The van der Waals surface area contributed by atoms with Gasteiger partial charge in [0.25, 0.3) is 5.91 Å². The number of hydrogen-bond donors (Lipinski definition) is 3. The zero-order chi connectivity index (χ0) is 20.9. The van der Waals surface area contributed by atoms with Gasteiger partial charge in [-0.1, -0.05) is 18.2 Å². The van der Waals surface area contributed by atoms with Crippen molar-refractivity contribution in [2.45, 2.75) is 25.8 Å². The summed E-state index contributed by atoms with van der Waals surface area (Å²) in [5.74, 6) is 0.490. The molecule has 8 nitrogen and oxygen atoms in total. The van der Waals surface area contributed by atoms with Crippen molar-refractivity contribution in [3.8, 4) is 11.5 Å². The molecule has 8 heteroatoms. The van der Waals surface area contributed by atoms with E-state index in [-0.39, 0.29) is 25.7 Å². The third-order valence-electron chi connectivity index (χ3n) is 3.97. The topological polar surface area (TPSA) is 106 Å². The second kappa shape index (κ2) is 12.5. The summed E-state index contributed by atoms with van der Waals surface area (Å²) in [6.45, 7) is 2.64. The first-order valence-corrected chi connectivity index (χ1v) is 9.34. The van der Waals surface area contributed by atoms with Gasteiger partial charge in [0.1, 0.15) is 18.3 Å². The Hall–Kier alpha value is -2.94. The van der Waals surface area contributed by atoms with E-state index in [1.807, 2.05) is 37.3 Å². The highest BCUT2D eigenvalue weighted by molar-refractivity contribution is 5.94. The molecule has 2 rings (SSSR count). The molecule has 156 valence electrons. The number of carbonyl (C=O) groups is 2. The van der Waals surface area contributed by atoms with E-state index in [2.05, 4.69) is 5.32 Å². The van der Waals surface area contributed by atoms with Gasteiger partial charge in [0.15, 0.2) is 0 Å². The van der Waals surface area contributed by atoms with Crippen molar-refractivity contribution in [3.63, 3.8) is 0 Å². The Bertz CT molecular complexity index is 752. The van der Waals surface area contributed by atoms with Crippen LogP contribution in [0.25, 0.3) is 0 Å². The lowest BCUT2D eigenvalue weighted by Gasteiger charge is -2.18. The average Bonchev–Trinajstić information content (AvgIpc) is 2.75. The molecule has 0 heterocycles. The van der Waals surface area contributed by atoms with Crippen molar-refractivity contribution in [3.05, 3.63) is 60.2 Å². The van der Waals surface area contributed by atoms with Gasteiger partial charge in [-0.2, -0.15) is 0 Å². The van der Waals surface area contributed by atoms with Crippen LogP contribution in [0.2, 0.25) is 0 Å².